The van der Waals surface area contributed by atoms with E-state index in [9.17, 15) is 29.0 Å². The number of likely N-dealkylation sites (tertiary alicyclic amines) is 1. The number of fused-ring (bicyclic) bond motifs is 1. The summed E-state index contributed by atoms with van der Waals surface area (Å²) < 4.78 is 14.7. The lowest BCUT2D eigenvalue weighted by molar-refractivity contribution is -0.133. The lowest BCUT2D eigenvalue weighted by atomic mass is 10.0. The standard InChI is InChI=1S/C29H35FN4O5/c1-18(2)13-22(17-35)32-28(38)25-27(37)26-23(15-20(16-31-26)14-19-6-8-21(30)9-7-19)34(29(25)39)12-11-33-10-4-3-5-24(33)36/h6-9,15-16,18,22,35,37H,3-5,10-14,17H2,1-2H3,(H,32,38). The molecule has 0 aliphatic carbocycles. The van der Waals surface area contributed by atoms with Gasteiger partial charge in [0.25, 0.3) is 11.5 Å². The Morgan fingerprint density at radius 2 is 1.87 bits per heavy atom. The fourth-order valence-corrected chi connectivity index (χ4v) is 5.03. The molecule has 39 heavy (non-hydrogen) atoms. The maximum Gasteiger partial charge on any atom is 0.267 e. The smallest absolute Gasteiger partial charge is 0.267 e. The van der Waals surface area contributed by atoms with Crippen molar-refractivity contribution in [2.45, 2.75) is 58.5 Å². The minimum absolute atomic E-state index is 0.0185. The van der Waals surface area contributed by atoms with Crippen LogP contribution in [-0.4, -0.2) is 62.2 Å². The fourth-order valence-electron chi connectivity index (χ4n) is 5.03. The van der Waals surface area contributed by atoms with E-state index in [4.69, 9.17) is 0 Å². The zero-order valence-electron chi connectivity index (χ0n) is 22.3. The Labute approximate surface area is 226 Å². The minimum Gasteiger partial charge on any atom is -0.505 e. The molecule has 2 amide bonds. The van der Waals surface area contributed by atoms with E-state index >= 15 is 0 Å². The van der Waals surface area contributed by atoms with Gasteiger partial charge in [0, 0.05) is 32.3 Å². The first-order valence-corrected chi connectivity index (χ1v) is 13.4. The van der Waals surface area contributed by atoms with Crippen LogP contribution in [0.2, 0.25) is 0 Å². The molecule has 4 rings (SSSR count). The van der Waals surface area contributed by atoms with Crippen molar-refractivity contribution in [2.75, 3.05) is 19.7 Å². The highest BCUT2D eigenvalue weighted by Gasteiger charge is 2.26. The summed E-state index contributed by atoms with van der Waals surface area (Å²) in [6, 6.07) is 7.19. The number of amides is 2. The molecule has 1 unspecified atom stereocenters. The average Bonchev–Trinajstić information content (AvgIpc) is 2.90. The average molecular weight is 539 g/mol. The number of aliphatic hydroxyl groups is 1. The zero-order valence-corrected chi connectivity index (χ0v) is 22.3. The third-order valence-electron chi connectivity index (χ3n) is 7.01. The molecule has 9 nitrogen and oxygen atoms in total. The molecule has 0 spiro atoms. The van der Waals surface area contributed by atoms with E-state index in [1.54, 1.807) is 29.3 Å². The van der Waals surface area contributed by atoms with Crippen LogP contribution in [0.5, 0.6) is 5.75 Å². The topological polar surface area (TPSA) is 125 Å². The number of hydrogen-bond donors (Lipinski definition) is 3. The highest BCUT2D eigenvalue weighted by molar-refractivity contribution is 6.01. The minimum atomic E-state index is -0.793. The molecule has 1 aliphatic rings. The normalized spacial score (nSPS) is 14.7. The molecular formula is C29H35FN4O5. The van der Waals surface area contributed by atoms with Gasteiger partial charge in [-0.2, -0.15) is 0 Å². The quantitative estimate of drug-likeness (QED) is 0.365. The second-order valence-corrected chi connectivity index (χ2v) is 10.5. The van der Waals surface area contributed by atoms with Crippen molar-refractivity contribution < 1.29 is 24.2 Å². The second-order valence-electron chi connectivity index (χ2n) is 10.5. The highest BCUT2D eigenvalue weighted by Crippen LogP contribution is 2.26. The molecule has 1 aliphatic heterocycles. The van der Waals surface area contributed by atoms with Crippen molar-refractivity contribution in [1.82, 2.24) is 19.8 Å². The number of pyridine rings is 2. The van der Waals surface area contributed by atoms with Crippen molar-refractivity contribution in [3.8, 4) is 5.75 Å². The maximum atomic E-state index is 13.7. The Balaban J connectivity index is 1.75. The molecule has 1 saturated heterocycles. The predicted molar refractivity (Wildman–Crippen MR) is 145 cm³/mol. The summed E-state index contributed by atoms with van der Waals surface area (Å²) in [6.45, 7) is 4.56. The first kappa shape index (κ1) is 28.2. The van der Waals surface area contributed by atoms with Crippen LogP contribution in [0, 0.1) is 11.7 Å². The van der Waals surface area contributed by atoms with Crippen molar-refractivity contribution >= 4 is 22.8 Å². The number of hydrogen-bond acceptors (Lipinski definition) is 6. The van der Waals surface area contributed by atoms with E-state index < -0.39 is 28.8 Å². The van der Waals surface area contributed by atoms with Crippen molar-refractivity contribution in [3.05, 3.63) is 69.4 Å². The van der Waals surface area contributed by atoms with E-state index in [-0.39, 0.29) is 42.9 Å². The lowest BCUT2D eigenvalue weighted by Crippen LogP contribution is -2.43. The number of piperidine rings is 1. The molecule has 1 atom stereocenters. The van der Waals surface area contributed by atoms with Crippen LogP contribution >= 0.6 is 0 Å². The van der Waals surface area contributed by atoms with E-state index in [2.05, 4.69) is 10.3 Å². The van der Waals surface area contributed by atoms with Gasteiger partial charge in [0.1, 0.15) is 16.9 Å². The van der Waals surface area contributed by atoms with Crippen LogP contribution in [0.4, 0.5) is 4.39 Å². The fraction of sp³-hybridized carbons (Fsp3) is 0.448. The lowest BCUT2D eigenvalue weighted by Gasteiger charge is -2.27. The summed E-state index contributed by atoms with van der Waals surface area (Å²) in [5.41, 5.74) is 0.823. The Bertz CT molecular complexity index is 1400. The summed E-state index contributed by atoms with van der Waals surface area (Å²) >= 11 is 0. The van der Waals surface area contributed by atoms with Crippen LogP contribution in [0.1, 0.15) is 61.0 Å². The van der Waals surface area contributed by atoms with Crippen molar-refractivity contribution in [2.24, 2.45) is 5.92 Å². The summed E-state index contributed by atoms with van der Waals surface area (Å²) in [4.78, 5) is 45.4. The number of nitrogens with zero attached hydrogens (tertiary/aromatic N) is 3. The van der Waals surface area contributed by atoms with Crippen LogP contribution in [0.15, 0.2) is 41.3 Å². The largest absolute Gasteiger partial charge is 0.505 e. The number of carbonyl (C=O) groups excluding carboxylic acids is 2. The molecule has 0 saturated carbocycles. The van der Waals surface area contributed by atoms with Crippen LogP contribution < -0.4 is 10.9 Å². The first-order valence-electron chi connectivity index (χ1n) is 13.4. The zero-order chi connectivity index (χ0) is 28.1. The molecule has 3 heterocycles. The summed E-state index contributed by atoms with van der Waals surface area (Å²) in [5, 5.41) is 23.4. The van der Waals surface area contributed by atoms with Gasteiger partial charge in [0.15, 0.2) is 5.75 Å². The SMILES string of the molecule is CC(C)CC(CO)NC(=O)c1c(O)c2ncc(Cc3ccc(F)cc3)cc2n(CCN2CCCCC2=O)c1=O. The molecule has 3 N–H and O–H groups in total. The third kappa shape index (κ3) is 6.62. The van der Waals surface area contributed by atoms with Crippen molar-refractivity contribution in [1.29, 1.82) is 0 Å². The van der Waals surface area contributed by atoms with E-state index in [1.165, 1.54) is 16.7 Å². The van der Waals surface area contributed by atoms with Gasteiger partial charge in [-0.05, 0) is 60.9 Å². The van der Waals surface area contributed by atoms with Crippen LogP contribution in [-0.2, 0) is 17.8 Å². The Morgan fingerprint density at radius 1 is 1.13 bits per heavy atom. The van der Waals surface area contributed by atoms with Gasteiger partial charge in [-0.3, -0.25) is 19.4 Å². The number of aliphatic hydroxyl groups excluding tert-OH is 1. The van der Waals surface area contributed by atoms with Gasteiger partial charge >= 0.3 is 0 Å². The number of aromatic hydroxyl groups is 1. The molecule has 0 radical (unpaired) electrons. The number of rotatable bonds is 10. The van der Waals surface area contributed by atoms with Crippen LogP contribution in [0.3, 0.4) is 0 Å². The first-order chi connectivity index (χ1) is 18.7. The molecular weight excluding hydrogens is 503 g/mol. The number of carbonyl (C=O) groups is 2. The third-order valence-corrected chi connectivity index (χ3v) is 7.01. The molecule has 3 aromatic rings. The summed E-state index contributed by atoms with van der Waals surface area (Å²) in [5.74, 6) is -1.46. The van der Waals surface area contributed by atoms with Gasteiger partial charge in [-0.15, -0.1) is 0 Å². The van der Waals surface area contributed by atoms with Gasteiger partial charge in [0.2, 0.25) is 5.91 Å². The Kier molecular flexibility index (Phi) is 8.96. The molecule has 208 valence electrons. The Hall–Kier alpha value is -3.79. The molecule has 2 aromatic heterocycles. The maximum absolute atomic E-state index is 13.7. The van der Waals surface area contributed by atoms with Gasteiger partial charge in [-0.25, -0.2) is 4.39 Å². The number of aromatic nitrogens is 2. The Morgan fingerprint density at radius 3 is 2.54 bits per heavy atom. The van der Waals surface area contributed by atoms with Gasteiger partial charge in [-0.1, -0.05) is 26.0 Å². The van der Waals surface area contributed by atoms with E-state index in [0.29, 0.717) is 31.3 Å². The van der Waals surface area contributed by atoms with Crippen molar-refractivity contribution in [3.63, 3.8) is 0 Å². The number of benzene rings is 1. The summed E-state index contributed by atoms with van der Waals surface area (Å²) in [7, 11) is 0. The predicted octanol–water partition coefficient (Wildman–Crippen LogP) is 2.98. The number of halogens is 1. The molecule has 0 bridgehead atoms. The molecule has 1 aromatic carbocycles. The molecule has 1 fully saturated rings. The van der Waals surface area contributed by atoms with E-state index in [0.717, 1.165) is 24.0 Å². The monoisotopic (exact) mass is 538 g/mol. The number of nitrogens with one attached hydrogen (secondary N) is 1. The van der Waals surface area contributed by atoms with Gasteiger partial charge in [0.05, 0.1) is 18.2 Å². The highest BCUT2D eigenvalue weighted by atomic mass is 19.1. The molecule has 10 heteroatoms. The van der Waals surface area contributed by atoms with Crippen LogP contribution in [0.25, 0.3) is 11.0 Å². The van der Waals surface area contributed by atoms with Gasteiger partial charge < -0.3 is 25.0 Å². The van der Waals surface area contributed by atoms with E-state index in [1.807, 2.05) is 13.8 Å². The second kappa shape index (κ2) is 12.4. The summed E-state index contributed by atoms with van der Waals surface area (Å²) in [6.07, 6.45) is 4.63.